The van der Waals surface area contributed by atoms with Crippen LogP contribution in [0.3, 0.4) is 0 Å². The molecule has 0 atom stereocenters. The molecule has 0 bridgehead atoms. The van der Waals surface area contributed by atoms with Crippen LogP contribution in [0.1, 0.15) is 11.1 Å². The van der Waals surface area contributed by atoms with Gasteiger partial charge in [-0.15, -0.1) is 0 Å². The predicted molar refractivity (Wildman–Crippen MR) is 81.6 cm³/mol. The van der Waals surface area contributed by atoms with Gasteiger partial charge in [-0.2, -0.15) is 0 Å². The third kappa shape index (κ3) is 4.26. The molecule has 104 valence electrons. The molecule has 0 aliphatic rings. The standard InChI is InChI=1S/C15H16ClN3O/c16-13-5-2-6-14(8-13)19-15(20)18-10-12-4-1-3-11(7-12)9-17/h1-8H,9-10,17H2,(H2,18,19,20). The van der Waals surface area contributed by atoms with Crippen LogP contribution in [-0.2, 0) is 13.1 Å². The first-order chi connectivity index (χ1) is 9.67. The molecular formula is C15H16ClN3O. The van der Waals surface area contributed by atoms with Crippen molar-refractivity contribution in [2.75, 3.05) is 5.32 Å². The van der Waals surface area contributed by atoms with Crippen LogP contribution in [0.2, 0.25) is 5.02 Å². The average molecular weight is 290 g/mol. The van der Waals surface area contributed by atoms with Crippen molar-refractivity contribution in [3.05, 3.63) is 64.7 Å². The molecule has 2 rings (SSSR count). The zero-order valence-corrected chi connectivity index (χ0v) is 11.7. The molecule has 0 saturated heterocycles. The minimum atomic E-state index is -0.273. The SMILES string of the molecule is NCc1cccc(CNC(=O)Nc2cccc(Cl)c2)c1. The van der Waals surface area contributed by atoms with E-state index in [1.54, 1.807) is 24.3 Å². The van der Waals surface area contributed by atoms with Gasteiger partial charge in [0.1, 0.15) is 0 Å². The van der Waals surface area contributed by atoms with Gasteiger partial charge in [-0.05, 0) is 29.3 Å². The minimum Gasteiger partial charge on any atom is -0.334 e. The van der Waals surface area contributed by atoms with Crippen molar-refractivity contribution < 1.29 is 4.79 Å². The maximum Gasteiger partial charge on any atom is 0.319 e. The maximum atomic E-state index is 11.8. The van der Waals surface area contributed by atoms with E-state index >= 15 is 0 Å². The summed E-state index contributed by atoms with van der Waals surface area (Å²) in [5.41, 5.74) is 8.29. The first-order valence-corrected chi connectivity index (χ1v) is 6.63. The minimum absolute atomic E-state index is 0.273. The monoisotopic (exact) mass is 289 g/mol. The fourth-order valence-electron chi connectivity index (χ4n) is 1.79. The van der Waals surface area contributed by atoms with Crippen LogP contribution in [-0.4, -0.2) is 6.03 Å². The Kier molecular flexibility index (Phi) is 4.98. The molecule has 0 spiro atoms. The van der Waals surface area contributed by atoms with Gasteiger partial charge in [-0.25, -0.2) is 4.79 Å². The topological polar surface area (TPSA) is 67.1 Å². The Morgan fingerprint density at radius 1 is 1.10 bits per heavy atom. The van der Waals surface area contributed by atoms with Gasteiger partial charge in [0.25, 0.3) is 0 Å². The number of rotatable bonds is 4. The number of hydrogen-bond donors (Lipinski definition) is 3. The summed E-state index contributed by atoms with van der Waals surface area (Å²) >= 11 is 5.85. The number of amides is 2. The molecular weight excluding hydrogens is 274 g/mol. The molecule has 0 aromatic heterocycles. The molecule has 0 aliphatic heterocycles. The van der Waals surface area contributed by atoms with Gasteiger partial charge in [0.05, 0.1) is 0 Å². The summed E-state index contributed by atoms with van der Waals surface area (Å²) in [6.45, 7) is 0.933. The molecule has 2 aromatic carbocycles. The lowest BCUT2D eigenvalue weighted by atomic mass is 10.1. The number of halogens is 1. The van der Waals surface area contributed by atoms with Gasteiger partial charge in [0.15, 0.2) is 0 Å². The summed E-state index contributed by atoms with van der Waals surface area (Å²) in [4.78, 5) is 11.8. The molecule has 0 heterocycles. The van der Waals surface area contributed by atoms with Crippen molar-refractivity contribution in [2.45, 2.75) is 13.1 Å². The molecule has 0 saturated carbocycles. The molecule has 0 unspecified atom stereocenters. The molecule has 4 nitrogen and oxygen atoms in total. The number of anilines is 1. The number of carbonyl (C=O) groups is 1. The van der Waals surface area contributed by atoms with E-state index in [2.05, 4.69) is 10.6 Å². The molecule has 0 radical (unpaired) electrons. The zero-order chi connectivity index (χ0) is 14.4. The smallest absolute Gasteiger partial charge is 0.319 e. The number of urea groups is 1. The lowest BCUT2D eigenvalue weighted by molar-refractivity contribution is 0.251. The molecule has 0 aliphatic carbocycles. The summed E-state index contributed by atoms with van der Waals surface area (Å²) < 4.78 is 0. The fourth-order valence-corrected chi connectivity index (χ4v) is 1.98. The van der Waals surface area contributed by atoms with Crippen molar-refractivity contribution in [3.8, 4) is 0 Å². The van der Waals surface area contributed by atoms with Crippen molar-refractivity contribution in [3.63, 3.8) is 0 Å². The Labute approximate surface area is 122 Å². The van der Waals surface area contributed by atoms with Crippen LogP contribution in [0.5, 0.6) is 0 Å². The largest absolute Gasteiger partial charge is 0.334 e. The van der Waals surface area contributed by atoms with Crippen molar-refractivity contribution >= 4 is 23.3 Å². The maximum absolute atomic E-state index is 11.8. The summed E-state index contributed by atoms with van der Waals surface area (Å²) in [5.74, 6) is 0. The Hall–Kier alpha value is -2.04. The van der Waals surface area contributed by atoms with E-state index in [1.807, 2.05) is 24.3 Å². The molecule has 5 heteroatoms. The first kappa shape index (κ1) is 14.4. The van der Waals surface area contributed by atoms with Crippen molar-refractivity contribution in [1.82, 2.24) is 5.32 Å². The normalized spacial score (nSPS) is 10.1. The van der Waals surface area contributed by atoms with Crippen molar-refractivity contribution in [1.29, 1.82) is 0 Å². The van der Waals surface area contributed by atoms with Crippen LogP contribution < -0.4 is 16.4 Å². The summed E-state index contributed by atoms with van der Waals surface area (Å²) in [7, 11) is 0. The van der Waals surface area contributed by atoms with Crippen molar-refractivity contribution in [2.24, 2.45) is 5.73 Å². The first-order valence-electron chi connectivity index (χ1n) is 6.25. The summed E-state index contributed by atoms with van der Waals surface area (Å²) in [5, 5.41) is 6.09. The molecule has 20 heavy (non-hydrogen) atoms. The molecule has 4 N–H and O–H groups in total. The van der Waals surface area contributed by atoms with Gasteiger partial charge in [-0.1, -0.05) is 41.9 Å². The highest BCUT2D eigenvalue weighted by Crippen LogP contribution is 2.14. The van der Waals surface area contributed by atoms with E-state index in [4.69, 9.17) is 17.3 Å². The highest BCUT2D eigenvalue weighted by Gasteiger charge is 2.02. The van der Waals surface area contributed by atoms with Gasteiger partial charge >= 0.3 is 6.03 Å². The second kappa shape index (κ2) is 6.93. The highest BCUT2D eigenvalue weighted by molar-refractivity contribution is 6.30. The van der Waals surface area contributed by atoms with E-state index in [-0.39, 0.29) is 6.03 Å². The van der Waals surface area contributed by atoms with Gasteiger partial charge < -0.3 is 16.4 Å². The Morgan fingerprint density at radius 3 is 2.60 bits per heavy atom. The number of benzene rings is 2. The second-order valence-corrected chi connectivity index (χ2v) is 4.78. The van der Waals surface area contributed by atoms with Crippen LogP contribution in [0.25, 0.3) is 0 Å². The Balaban J connectivity index is 1.88. The van der Waals surface area contributed by atoms with E-state index < -0.39 is 0 Å². The lowest BCUT2D eigenvalue weighted by Gasteiger charge is -2.08. The van der Waals surface area contributed by atoms with E-state index in [9.17, 15) is 4.79 Å². The predicted octanol–water partition coefficient (Wildman–Crippen LogP) is 3.12. The van der Waals surface area contributed by atoms with Crippen LogP contribution in [0, 0.1) is 0 Å². The number of hydrogen-bond acceptors (Lipinski definition) is 2. The van der Waals surface area contributed by atoms with E-state index in [0.717, 1.165) is 11.1 Å². The fraction of sp³-hybridized carbons (Fsp3) is 0.133. The number of nitrogens with one attached hydrogen (secondary N) is 2. The molecule has 2 amide bonds. The van der Waals surface area contributed by atoms with Gasteiger partial charge in [0, 0.05) is 23.8 Å². The average Bonchev–Trinajstić information content (AvgIpc) is 2.45. The highest BCUT2D eigenvalue weighted by atomic mass is 35.5. The van der Waals surface area contributed by atoms with Gasteiger partial charge in [-0.3, -0.25) is 0 Å². The zero-order valence-electron chi connectivity index (χ0n) is 10.9. The third-order valence-electron chi connectivity index (χ3n) is 2.76. The Bertz CT molecular complexity index is 601. The number of carbonyl (C=O) groups excluding carboxylic acids is 1. The van der Waals surface area contributed by atoms with Crippen LogP contribution >= 0.6 is 11.6 Å². The summed E-state index contributed by atoms with van der Waals surface area (Å²) in [6, 6.07) is 14.5. The quantitative estimate of drug-likeness (QED) is 0.809. The van der Waals surface area contributed by atoms with E-state index in [1.165, 1.54) is 0 Å². The third-order valence-corrected chi connectivity index (χ3v) is 3.00. The Morgan fingerprint density at radius 2 is 1.85 bits per heavy atom. The van der Waals surface area contributed by atoms with E-state index in [0.29, 0.717) is 23.8 Å². The lowest BCUT2D eigenvalue weighted by Crippen LogP contribution is -2.28. The summed E-state index contributed by atoms with van der Waals surface area (Å²) in [6.07, 6.45) is 0. The molecule has 2 aromatic rings. The number of nitrogens with two attached hydrogens (primary N) is 1. The molecule has 0 fully saturated rings. The van der Waals surface area contributed by atoms with Gasteiger partial charge in [0.2, 0.25) is 0 Å². The second-order valence-electron chi connectivity index (χ2n) is 4.34. The van der Waals surface area contributed by atoms with Crippen LogP contribution in [0.15, 0.2) is 48.5 Å². The van der Waals surface area contributed by atoms with Crippen LogP contribution in [0.4, 0.5) is 10.5 Å².